The third kappa shape index (κ3) is 3.98. The predicted octanol–water partition coefficient (Wildman–Crippen LogP) is 3.76. The Hall–Kier alpha value is -1.71. The molecule has 122 valence electrons. The second-order valence-electron chi connectivity index (χ2n) is 6.86. The van der Waals surface area contributed by atoms with Crippen LogP contribution in [0.5, 0.6) is 0 Å². The molecule has 0 spiro atoms. The second-order valence-corrected chi connectivity index (χ2v) is 6.86. The number of rotatable bonds is 3. The average Bonchev–Trinajstić information content (AvgIpc) is 2.49. The Morgan fingerprint density at radius 1 is 1.09 bits per heavy atom. The summed E-state index contributed by atoms with van der Waals surface area (Å²) in [5.74, 6) is 0.279. The summed E-state index contributed by atoms with van der Waals surface area (Å²) in [7, 11) is 0. The fraction of sp³-hybridized carbons (Fsp3) is 0.400. The largest absolute Gasteiger partial charge is 0.327 e. The molecule has 2 aromatic rings. The lowest BCUT2D eigenvalue weighted by Gasteiger charge is -2.36. The minimum Gasteiger partial charge on any atom is -0.327 e. The van der Waals surface area contributed by atoms with Gasteiger partial charge in [-0.3, -0.25) is 4.90 Å². The van der Waals surface area contributed by atoms with Gasteiger partial charge in [-0.05, 0) is 60.6 Å². The first-order chi connectivity index (χ1) is 11.0. The number of likely N-dealkylation sites (tertiary alicyclic amines) is 1. The first-order valence-corrected chi connectivity index (χ1v) is 8.31. The molecular weight excluding hydrogens is 287 g/mol. The van der Waals surface area contributed by atoms with Crippen molar-refractivity contribution in [1.82, 2.24) is 4.90 Å². The predicted molar refractivity (Wildman–Crippen MR) is 92.9 cm³/mol. The molecule has 3 rings (SSSR count). The zero-order chi connectivity index (χ0) is 16.4. The van der Waals surface area contributed by atoms with Crippen LogP contribution in [0.3, 0.4) is 0 Å². The monoisotopic (exact) mass is 312 g/mol. The van der Waals surface area contributed by atoms with E-state index in [4.69, 9.17) is 5.73 Å². The summed E-state index contributed by atoms with van der Waals surface area (Å²) in [5.41, 5.74) is 11.3. The molecule has 3 heteroatoms. The minimum atomic E-state index is -0.172. The van der Waals surface area contributed by atoms with E-state index in [9.17, 15) is 4.39 Å². The molecular formula is C20H25FN2. The van der Waals surface area contributed by atoms with Gasteiger partial charge in [0.2, 0.25) is 0 Å². The van der Waals surface area contributed by atoms with E-state index >= 15 is 0 Å². The fourth-order valence-electron chi connectivity index (χ4n) is 3.52. The standard InChI is InChI=1S/C20H25FN2/c1-14-6-7-17(8-15(14)2)18-10-20(22)13-23(12-18)11-16-4-3-5-19(21)9-16/h3-9,18,20H,10-13,22H2,1-2H3. The molecule has 0 saturated carbocycles. The molecule has 1 fully saturated rings. The summed E-state index contributed by atoms with van der Waals surface area (Å²) in [5, 5.41) is 0. The maximum atomic E-state index is 13.4. The van der Waals surface area contributed by atoms with Crippen LogP contribution in [0.1, 0.15) is 34.6 Å². The number of hydrogen-bond donors (Lipinski definition) is 1. The van der Waals surface area contributed by atoms with Crippen molar-refractivity contribution in [3.63, 3.8) is 0 Å². The molecule has 2 aromatic carbocycles. The van der Waals surface area contributed by atoms with Gasteiger partial charge in [-0.2, -0.15) is 0 Å². The van der Waals surface area contributed by atoms with Crippen molar-refractivity contribution in [2.45, 2.75) is 38.8 Å². The van der Waals surface area contributed by atoms with E-state index in [0.29, 0.717) is 5.92 Å². The van der Waals surface area contributed by atoms with E-state index in [1.807, 2.05) is 6.07 Å². The van der Waals surface area contributed by atoms with Crippen molar-refractivity contribution in [1.29, 1.82) is 0 Å². The normalized spacial score (nSPS) is 22.3. The SMILES string of the molecule is Cc1ccc(C2CC(N)CN(Cc3cccc(F)c3)C2)cc1C. The molecule has 0 aliphatic carbocycles. The highest BCUT2D eigenvalue weighted by Crippen LogP contribution is 2.28. The highest BCUT2D eigenvalue weighted by molar-refractivity contribution is 5.32. The van der Waals surface area contributed by atoms with Gasteiger partial charge in [-0.1, -0.05) is 30.3 Å². The number of hydrogen-bond acceptors (Lipinski definition) is 2. The number of benzene rings is 2. The van der Waals surface area contributed by atoms with Crippen LogP contribution in [0, 0.1) is 19.7 Å². The lowest BCUT2D eigenvalue weighted by Crippen LogP contribution is -2.45. The smallest absolute Gasteiger partial charge is 0.123 e. The maximum Gasteiger partial charge on any atom is 0.123 e. The van der Waals surface area contributed by atoms with Gasteiger partial charge in [0.15, 0.2) is 0 Å². The van der Waals surface area contributed by atoms with Gasteiger partial charge in [0.1, 0.15) is 5.82 Å². The molecule has 1 aliphatic rings. The Morgan fingerprint density at radius 3 is 2.65 bits per heavy atom. The molecule has 0 amide bonds. The van der Waals surface area contributed by atoms with Gasteiger partial charge in [-0.15, -0.1) is 0 Å². The lowest BCUT2D eigenvalue weighted by atomic mass is 9.87. The summed E-state index contributed by atoms with van der Waals surface area (Å²) in [6.07, 6.45) is 1.02. The van der Waals surface area contributed by atoms with Crippen molar-refractivity contribution in [3.8, 4) is 0 Å². The van der Waals surface area contributed by atoms with Crippen LogP contribution < -0.4 is 5.73 Å². The van der Waals surface area contributed by atoms with Crippen LogP contribution >= 0.6 is 0 Å². The molecule has 0 bridgehead atoms. The first kappa shape index (κ1) is 16.2. The number of halogens is 1. The molecule has 0 aromatic heterocycles. The van der Waals surface area contributed by atoms with Gasteiger partial charge in [0.25, 0.3) is 0 Å². The van der Waals surface area contributed by atoms with Crippen LogP contribution in [-0.4, -0.2) is 24.0 Å². The van der Waals surface area contributed by atoms with Crippen LogP contribution in [0.2, 0.25) is 0 Å². The summed E-state index contributed by atoms with van der Waals surface area (Å²) < 4.78 is 13.4. The van der Waals surface area contributed by atoms with Gasteiger partial charge in [0.05, 0.1) is 0 Å². The third-order valence-corrected chi connectivity index (χ3v) is 4.86. The summed E-state index contributed by atoms with van der Waals surface area (Å²) in [6, 6.07) is 13.7. The van der Waals surface area contributed by atoms with E-state index in [2.05, 4.69) is 36.9 Å². The topological polar surface area (TPSA) is 29.3 Å². The van der Waals surface area contributed by atoms with Crippen LogP contribution in [0.15, 0.2) is 42.5 Å². The zero-order valence-electron chi connectivity index (χ0n) is 13.9. The molecule has 2 N–H and O–H groups in total. The summed E-state index contributed by atoms with van der Waals surface area (Å²) >= 11 is 0. The first-order valence-electron chi connectivity index (χ1n) is 8.31. The fourth-order valence-corrected chi connectivity index (χ4v) is 3.52. The number of nitrogens with two attached hydrogens (primary N) is 1. The molecule has 2 unspecified atom stereocenters. The Labute approximate surface area is 138 Å². The number of aryl methyl sites for hydroxylation is 2. The van der Waals surface area contributed by atoms with E-state index in [1.165, 1.54) is 22.8 Å². The second kappa shape index (κ2) is 6.81. The molecule has 1 saturated heterocycles. The van der Waals surface area contributed by atoms with Crippen LogP contribution in [0.4, 0.5) is 4.39 Å². The molecule has 1 heterocycles. The summed E-state index contributed by atoms with van der Waals surface area (Å²) in [6.45, 7) is 6.91. The van der Waals surface area contributed by atoms with E-state index in [-0.39, 0.29) is 11.9 Å². The Kier molecular flexibility index (Phi) is 4.79. The highest BCUT2D eigenvalue weighted by atomic mass is 19.1. The maximum absolute atomic E-state index is 13.4. The Bertz CT molecular complexity index is 683. The minimum absolute atomic E-state index is 0.170. The number of nitrogens with zero attached hydrogens (tertiary/aromatic N) is 1. The van der Waals surface area contributed by atoms with Crippen molar-refractivity contribution in [2.75, 3.05) is 13.1 Å². The molecule has 2 atom stereocenters. The van der Waals surface area contributed by atoms with Crippen molar-refractivity contribution >= 4 is 0 Å². The van der Waals surface area contributed by atoms with E-state index < -0.39 is 0 Å². The molecule has 1 aliphatic heterocycles. The van der Waals surface area contributed by atoms with Gasteiger partial charge >= 0.3 is 0 Å². The van der Waals surface area contributed by atoms with Gasteiger partial charge in [0, 0.05) is 25.7 Å². The van der Waals surface area contributed by atoms with Crippen LogP contribution in [-0.2, 0) is 6.54 Å². The third-order valence-electron chi connectivity index (χ3n) is 4.86. The Balaban J connectivity index is 1.74. The Morgan fingerprint density at radius 2 is 1.91 bits per heavy atom. The van der Waals surface area contributed by atoms with Gasteiger partial charge < -0.3 is 5.73 Å². The zero-order valence-corrected chi connectivity index (χ0v) is 13.9. The molecule has 2 nitrogen and oxygen atoms in total. The quantitative estimate of drug-likeness (QED) is 0.935. The van der Waals surface area contributed by atoms with Crippen molar-refractivity contribution < 1.29 is 4.39 Å². The summed E-state index contributed by atoms with van der Waals surface area (Å²) in [4.78, 5) is 2.35. The lowest BCUT2D eigenvalue weighted by molar-refractivity contribution is 0.181. The average molecular weight is 312 g/mol. The molecule has 0 radical (unpaired) electrons. The van der Waals surface area contributed by atoms with Crippen LogP contribution in [0.25, 0.3) is 0 Å². The van der Waals surface area contributed by atoms with Crippen molar-refractivity contribution in [2.24, 2.45) is 5.73 Å². The highest BCUT2D eigenvalue weighted by Gasteiger charge is 2.26. The number of piperidine rings is 1. The van der Waals surface area contributed by atoms with E-state index in [1.54, 1.807) is 12.1 Å². The van der Waals surface area contributed by atoms with E-state index in [0.717, 1.165) is 31.6 Å². The van der Waals surface area contributed by atoms with Crippen molar-refractivity contribution in [3.05, 3.63) is 70.5 Å². The molecule has 23 heavy (non-hydrogen) atoms. The van der Waals surface area contributed by atoms with Gasteiger partial charge in [-0.25, -0.2) is 4.39 Å².